The lowest BCUT2D eigenvalue weighted by atomic mass is 9.79. The molecule has 5 aliphatic carbocycles. The lowest BCUT2D eigenvalue weighted by Crippen LogP contribution is -2.12. The summed E-state index contributed by atoms with van der Waals surface area (Å²) in [6, 6.07) is 47.1. The Morgan fingerprint density at radius 1 is 0.359 bits per heavy atom. The topological polar surface area (TPSA) is 0 Å². The van der Waals surface area contributed by atoms with Crippen molar-refractivity contribution in [1.82, 2.24) is 0 Å². The highest BCUT2D eigenvalue weighted by Crippen LogP contribution is 2.41. The van der Waals surface area contributed by atoms with E-state index in [9.17, 15) is 8.78 Å². The summed E-state index contributed by atoms with van der Waals surface area (Å²) in [7, 11) is 0. The van der Waals surface area contributed by atoms with Crippen LogP contribution < -0.4 is 0 Å². The van der Waals surface area contributed by atoms with Crippen LogP contribution in [0.2, 0.25) is 0 Å². The predicted molar refractivity (Wildman–Crippen MR) is 328 cm³/mol. The number of rotatable bonds is 9. The first-order chi connectivity index (χ1) is 37.9. The van der Waals surface area contributed by atoms with Crippen LogP contribution in [0.25, 0.3) is 22.3 Å². The maximum atomic E-state index is 14.9. The van der Waals surface area contributed by atoms with Gasteiger partial charge in [0.05, 0.1) is 5.56 Å². The Morgan fingerprint density at radius 3 is 1.15 bits per heavy atom. The molecule has 0 radical (unpaired) electrons. The van der Waals surface area contributed by atoms with Gasteiger partial charge in [-0.2, -0.15) is 0 Å². The molecular formula is C76H94F2. The minimum Gasteiger partial charge on any atom is -0.206 e. The maximum absolute atomic E-state index is 14.9. The van der Waals surface area contributed by atoms with Crippen LogP contribution in [-0.2, 0) is 6.42 Å². The van der Waals surface area contributed by atoms with Crippen molar-refractivity contribution < 1.29 is 8.78 Å². The van der Waals surface area contributed by atoms with Gasteiger partial charge < -0.3 is 0 Å². The maximum Gasteiger partial charge on any atom is 0.139 e. The second kappa shape index (κ2) is 28.2. The Bertz CT molecular complexity index is 2740. The molecule has 5 aliphatic rings. The highest BCUT2D eigenvalue weighted by atomic mass is 19.1. The van der Waals surface area contributed by atoms with Crippen molar-refractivity contribution in [2.24, 2.45) is 35.5 Å². The fraction of sp³-hybridized carbons (Fsp3) is 0.500. The highest BCUT2D eigenvalue weighted by molar-refractivity contribution is 5.66. The van der Waals surface area contributed by atoms with Crippen LogP contribution in [0.5, 0.6) is 0 Å². The molecule has 0 aliphatic heterocycles. The summed E-state index contributed by atoms with van der Waals surface area (Å²) < 4.78 is 29.2. The van der Waals surface area contributed by atoms with Crippen molar-refractivity contribution in [3.63, 3.8) is 0 Å². The number of hydrogen-bond donors (Lipinski definition) is 0. The van der Waals surface area contributed by atoms with Crippen LogP contribution in [0.1, 0.15) is 238 Å². The number of benzene rings is 6. The summed E-state index contributed by atoms with van der Waals surface area (Å²) in [6.45, 7) is 13.9. The van der Waals surface area contributed by atoms with Gasteiger partial charge in [0.2, 0.25) is 0 Å². The van der Waals surface area contributed by atoms with Gasteiger partial charge in [-0.1, -0.05) is 232 Å². The Kier molecular flexibility index (Phi) is 20.8. The lowest BCUT2D eigenvalue weighted by Gasteiger charge is -2.27. The van der Waals surface area contributed by atoms with Gasteiger partial charge in [-0.05, 0) is 205 Å². The van der Waals surface area contributed by atoms with E-state index in [2.05, 4.69) is 125 Å². The van der Waals surface area contributed by atoms with Gasteiger partial charge >= 0.3 is 0 Å². The molecule has 0 amide bonds. The molecule has 11 rings (SSSR count). The summed E-state index contributed by atoms with van der Waals surface area (Å²) in [5.41, 5.74) is 13.9. The Labute approximate surface area is 472 Å². The molecule has 2 heteroatoms. The van der Waals surface area contributed by atoms with Crippen molar-refractivity contribution in [3.05, 3.63) is 190 Å². The molecule has 0 unspecified atom stereocenters. The van der Waals surface area contributed by atoms with Crippen molar-refractivity contribution in [1.29, 1.82) is 0 Å². The largest absolute Gasteiger partial charge is 0.206 e. The lowest BCUT2D eigenvalue weighted by molar-refractivity contribution is 0.277. The van der Waals surface area contributed by atoms with Crippen LogP contribution in [0, 0.1) is 65.9 Å². The van der Waals surface area contributed by atoms with Crippen molar-refractivity contribution in [2.75, 3.05) is 0 Å². The van der Waals surface area contributed by atoms with Gasteiger partial charge in [-0.25, -0.2) is 8.78 Å². The van der Waals surface area contributed by atoms with E-state index in [1.807, 2.05) is 49.4 Å². The van der Waals surface area contributed by atoms with Crippen molar-refractivity contribution >= 4 is 0 Å². The first-order valence-corrected chi connectivity index (χ1v) is 31.4. The molecule has 6 aromatic rings. The third-order valence-electron chi connectivity index (χ3n) is 19.7. The van der Waals surface area contributed by atoms with E-state index in [1.165, 1.54) is 163 Å². The molecule has 412 valence electrons. The summed E-state index contributed by atoms with van der Waals surface area (Å²) in [5, 5.41) is 0. The van der Waals surface area contributed by atoms with E-state index in [0.717, 1.165) is 76.0 Å². The fourth-order valence-corrected chi connectivity index (χ4v) is 13.8. The molecule has 0 nitrogen and oxygen atoms in total. The standard InChI is InChI=1S/C26H33F.C26H34.C24H27F/c1-18-3-7-20(8-4-18)21-11-13-23(14-12-21)25-16-15-24(17-26(25)27)22-9-5-19(2)6-10-22;1-19-3-7-21(8-4-19)23-11-15-25(16-12-23)26-17-13-24(14-18-26)22-9-5-20(2)6-10-22;1-18-3-7-20(8-4-18)11-12-22-14-16-23(24(25)17-22)15-13-21-9-5-19(2)6-10-21/h11-20,22H,3-10H2,1-2H3;11-22H,3-10H2,1-2H3;5-6,9-10,14,16-18,20H,3-4,7-8,11-12H2,1-2H3. The molecule has 6 aromatic carbocycles. The first-order valence-electron chi connectivity index (χ1n) is 31.4. The minimum absolute atomic E-state index is 0.0645. The van der Waals surface area contributed by atoms with E-state index < -0.39 is 0 Å². The first kappa shape index (κ1) is 57.4. The number of aryl methyl sites for hydroxylation is 2. The van der Waals surface area contributed by atoms with Crippen LogP contribution >= 0.6 is 0 Å². The zero-order chi connectivity index (χ0) is 54.4. The van der Waals surface area contributed by atoms with E-state index in [4.69, 9.17) is 0 Å². The van der Waals surface area contributed by atoms with Gasteiger partial charge in [0.25, 0.3) is 0 Å². The molecule has 0 heterocycles. The Balaban J connectivity index is 0.000000142. The quantitative estimate of drug-likeness (QED) is 0.127. The van der Waals surface area contributed by atoms with E-state index in [-0.39, 0.29) is 11.6 Å². The molecule has 0 spiro atoms. The highest BCUT2D eigenvalue weighted by Gasteiger charge is 2.24. The normalized spacial score (nSPS) is 26.2. The van der Waals surface area contributed by atoms with Crippen LogP contribution in [0.15, 0.2) is 133 Å². The average Bonchev–Trinajstić information content (AvgIpc) is 3.48. The fourth-order valence-electron chi connectivity index (χ4n) is 13.8. The monoisotopic (exact) mass is 1040 g/mol. The molecule has 0 bridgehead atoms. The summed E-state index contributed by atoms with van der Waals surface area (Å²) in [6.07, 6.45) is 28.8. The second-order valence-electron chi connectivity index (χ2n) is 26.0. The van der Waals surface area contributed by atoms with E-state index in [0.29, 0.717) is 17.4 Å². The zero-order valence-electron chi connectivity index (χ0n) is 48.8. The number of hydrogen-bond acceptors (Lipinski definition) is 0. The average molecular weight is 1050 g/mol. The predicted octanol–water partition coefficient (Wildman–Crippen LogP) is 22.3. The molecule has 0 saturated heterocycles. The third-order valence-corrected chi connectivity index (χ3v) is 19.7. The van der Waals surface area contributed by atoms with Gasteiger partial charge in [-0.15, -0.1) is 0 Å². The summed E-state index contributed by atoms with van der Waals surface area (Å²) >= 11 is 0. The van der Waals surface area contributed by atoms with Crippen LogP contribution in [0.3, 0.4) is 0 Å². The van der Waals surface area contributed by atoms with Gasteiger partial charge in [0, 0.05) is 11.1 Å². The molecule has 0 aromatic heterocycles. The minimum atomic E-state index is -0.200. The molecule has 0 N–H and O–H groups in total. The van der Waals surface area contributed by atoms with Crippen LogP contribution in [0.4, 0.5) is 8.78 Å². The van der Waals surface area contributed by atoms with Crippen molar-refractivity contribution in [3.8, 4) is 34.1 Å². The van der Waals surface area contributed by atoms with Crippen LogP contribution in [-0.4, -0.2) is 0 Å². The summed E-state index contributed by atoms with van der Waals surface area (Å²) in [4.78, 5) is 0. The SMILES string of the molecule is CC1CCC(c2ccc(-c3ccc(C4CCC(C)CC4)cc3)cc2)CC1.CC1CCC(c2ccc(-c3ccc(C4CCC(C)CC4)cc3F)cc2)CC1.Cc1ccc(C#Cc2ccc(CCC3CCC(C)CC3)cc2F)cc1. The molecule has 0 atom stereocenters. The zero-order valence-corrected chi connectivity index (χ0v) is 48.8. The summed E-state index contributed by atoms with van der Waals surface area (Å²) in [5.74, 6) is 13.8. The smallest absolute Gasteiger partial charge is 0.139 e. The van der Waals surface area contributed by atoms with Gasteiger partial charge in [0.1, 0.15) is 11.6 Å². The Hall–Kier alpha value is -5.26. The van der Waals surface area contributed by atoms with E-state index >= 15 is 0 Å². The van der Waals surface area contributed by atoms with E-state index in [1.54, 1.807) is 23.3 Å². The van der Waals surface area contributed by atoms with Gasteiger partial charge in [0.15, 0.2) is 0 Å². The van der Waals surface area contributed by atoms with Crippen molar-refractivity contribution in [2.45, 2.75) is 206 Å². The van der Waals surface area contributed by atoms with Gasteiger partial charge in [-0.3, -0.25) is 0 Å². The third kappa shape index (κ3) is 16.4. The molecule has 5 saturated carbocycles. The molecule has 5 fully saturated rings. The number of halogens is 2. The second-order valence-corrected chi connectivity index (χ2v) is 26.0. The molecular weight excluding hydrogens is 951 g/mol. The Morgan fingerprint density at radius 2 is 0.744 bits per heavy atom. The molecule has 78 heavy (non-hydrogen) atoms.